The highest BCUT2D eigenvalue weighted by molar-refractivity contribution is 5.96. The van der Waals surface area contributed by atoms with E-state index in [1.807, 2.05) is 5.32 Å². The number of hydrogen-bond acceptors (Lipinski definition) is 3. The number of amides is 1. The average molecular weight is 262 g/mol. The van der Waals surface area contributed by atoms with Crippen molar-refractivity contribution >= 4 is 11.9 Å². The van der Waals surface area contributed by atoms with Crippen molar-refractivity contribution in [3.8, 4) is 0 Å². The third-order valence-electron chi connectivity index (χ3n) is 2.05. The molecule has 0 aromatic carbocycles. The second kappa shape index (κ2) is 5.03. The number of carboxylic acids is 1. The molecule has 98 valence electrons. The zero-order valence-electron chi connectivity index (χ0n) is 9.15. The number of aromatic nitrogens is 1. The molecule has 1 rings (SSSR count). The number of halogens is 3. The van der Waals surface area contributed by atoms with Crippen LogP contribution in [-0.2, 0) is 11.0 Å². The number of rotatable bonds is 3. The Kier molecular flexibility index (Phi) is 3.89. The highest BCUT2D eigenvalue weighted by Crippen LogP contribution is 2.28. The molecule has 2 N–H and O–H groups in total. The van der Waals surface area contributed by atoms with E-state index in [1.54, 1.807) is 0 Å². The van der Waals surface area contributed by atoms with Gasteiger partial charge in [-0.25, -0.2) is 0 Å². The molecule has 0 bridgehead atoms. The predicted octanol–water partition coefficient (Wildman–Crippen LogP) is 1.30. The van der Waals surface area contributed by atoms with Crippen LogP contribution in [0.4, 0.5) is 13.2 Å². The first kappa shape index (κ1) is 13.9. The summed E-state index contributed by atoms with van der Waals surface area (Å²) in [5.41, 5.74) is -1.42. The molecule has 0 fully saturated rings. The standard InChI is InChI=1S/C10H9F3N2O3/c1-5(9(17)18)15-8(16)6-2-7(4-14-3-6)10(11,12)13/h2-5H,1H3,(H,15,16)(H,17,18). The molecular weight excluding hydrogens is 253 g/mol. The molecule has 0 radical (unpaired) electrons. The van der Waals surface area contributed by atoms with Gasteiger partial charge in [0.05, 0.1) is 11.1 Å². The maximum atomic E-state index is 12.4. The van der Waals surface area contributed by atoms with E-state index in [-0.39, 0.29) is 5.56 Å². The van der Waals surface area contributed by atoms with E-state index in [9.17, 15) is 22.8 Å². The van der Waals surface area contributed by atoms with Gasteiger partial charge in [-0.3, -0.25) is 14.6 Å². The zero-order chi connectivity index (χ0) is 13.9. The van der Waals surface area contributed by atoms with Crippen LogP contribution in [-0.4, -0.2) is 28.0 Å². The van der Waals surface area contributed by atoms with E-state index in [0.29, 0.717) is 12.3 Å². The van der Waals surface area contributed by atoms with E-state index in [1.165, 1.54) is 6.92 Å². The summed E-state index contributed by atoms with van der Waals surface area (Å²) in [5, 5.41) is 10.6. The number of hydrogen-bond donors (Lipinski definition) is 2. The molecule has 0 spiro atoms. The Labute approximate surface area is 99.6 Å². The second-order valence-corrected chi connectivity index (χ2v) is 3.49. The van der Waals surface area contributed by atoms with Crippen LogP contribution in [0.5, 0.6) is 0 Å². The van der Waals surface area contributed by atoms with Crippen LogP contribution in [0.25, 0.3) is 0 Å². The van der Waals surface area contributed by atoms with Crippen molar-refractivity contribution in [1.29, 1.82) is 0 Å². The van der Waals surface area contributed by atoms with Crippen molar-refractivity contribution < 1.29 is 27.9 Å². The Bertz CT molecular complexity index is 474. The summed E-state index contributed by atoms with van der Waals surface area (Å²) in [7, 11) is 0. The summed E-state index contributed by atoms with van der Waals surface area (Å²) in [5.74, 6) is -2.22. The highest BCUT2D eigenvalue weighted by Gasteiger charge is 2.31. The molecule has 1 aromatic rings. The first-order valence-corrected chi connectivity index (χ1v) is 4.77. The topological polar surface area (TPSA) is 79.3 Å². The highest BCUT2D eigenvalue weighted by atomic mass is 19.4. The Morgan fingerprint density at radius 3 is 2.50 bits per heavy atom. The maximum absolute atomic E-state index is 12.4. The van der Waals surface area contributed by atoms with Gasteiger partial charge in [0.1, 0.15) is 6.04 Å². The van der Waals surface area contributed by atoms with Gasteiger partial charge in [0, 0.05) is 12.4 Å². The molecule has 0 aliphatic rings. The van der Waals surface area contributed by atoms with Gasteiger partial charge in [0.2, 0.25) is 0 Å². The van der Waals surface area contributed by atoms with Crippen molar-refractivity contribution in [2.75, 3.05) is 0 Å². The largest absolute Gasteiger partial charge is 0.480 e. The van der Waals surface area contributed by atoms with Crippen LogP contribution < -0.4 is 5.32 Å². The van der Waals surface area contributed by atoms with E-state index < -0.39 is 29.7 Å². The summed E-state index contributed by atoms with van der Waals surface area (Å²) in [6.45, 7) is 1.20. The molecule has 1 unspecified atom stereocenters. The van der Waals surface area contributed by atoms with Gasteiger partial charge in [0.25, 0.3) is 5.91 Å². The summed E-state index contributed by atoms with van der Waals surface area (Å²) in [6.07, 6.45) is -3.10. The van der Waals surface area contributed by atoms with E-state index >= 15 is 0 Å². The summed E-state index contributed by atoms with van der Waals surface area (Å²) >= 11 is 0. The average Bonchev–Trinajstić information content (AvgIpc) is 2.27. The van der Waals surface area contributed by atoms with Crippen molar-refractivity contribution in [2.24, 2.45) is 0 Å². The van der Waals surface area contributed by atoms with Gasteiger partial charge < -0.3 is 10.4 Å². The number of alkyl halides is 3. The fourth-order valence-electron chi connectivity index (χ4n) is 1.06. The maximum Gasteiger partial charge on any atom is 0.417 e. The predicted molar refractivity (Wildman–Crippen MR) is 53.8 cm³/mol. The zero-order valence-corrected chi connectivity index (χ0v) is 9.15. The van der Waals surface area contributed by atoms with Crippen molar-refractivity contribution in [1.82, 2.24) is 10.3 Å². The van der Waals surface area contributed by atoms with Crippen molar-refractivity contribution in [2.45, 2.75) is 19.1 Å². The third kappa shape index (κ3) is 3.44. The molecule has 1 atom stereocenters. The number of nitrogens with one attached hydrogen (secondary N) is 1. The molecule has 5 nitrogen and oxygen atoms in total. The smallest absolute Gasteiger partial charge is 0.417 e. The van der Waals surface area contributed by atoms with Gasteiger partial charge in [-0.15, -0.1) is 0 Å². The summed E-state index contributed by atoms with van der Waals surface area (Å²) in [6, 6.07) is -0.594. The lowest BCUT2D eigenvalue weighted by molar-refractivity contribution is -0.139. The first-order chi connectivity index (χ1) is 8.21. The molecule has 0 saturated carbocycles. The minimum Gasteiger partial charge on any atom is -0.480 e. The van der Waals surface area contributed by atoms with E-state index in [2.05, 4.69) is 4.98 Å². The number of carboxylic acid groups (broad SMARTS) is 1. The fourth-order valence-corrected chi connectivity index (χ4v) is 1.06. The normalized spacial score (nSPS) is 12.9. The van der Waals surface area contributed by atoms with Gasteiger partial charge in [-0.2, -0.15) is 13.2 Å². The Hall–Kier alpha value is -2.12. The molecular formula is C10H9F3N2O3. The number of aliphatic carboxylic acids is 1. The molecule has 1 amide bonds. The van der Waals surface area contributed by atoms with Crippen LogP contribution in [0.3, 0.4) is 0 Å². The SMILES string of the molecule is CC(NC(=O)c1cncc(C(F)(F)F)c1)C(=O)O. The number of pyridine rings is 1. The quantitative estimate of drug-likeness (QED) is 0.860. The van der Waals surface area contributed by atoms with Crippen molar-refractivity contribution in [3.05, 3.63) is 29.6 Å². The Balaban J connectivity index is 2.91. The fraction of sp³-hybridized carbons (Fsp3) is 0.300. The van der Waals surface area contributed by atoms with Crippen LogP contribution >= 0.6 is 0 Å². The molecule has 1 aromatic heterocycles. The van der Waals surface area contributed by atoms with E-state index in [0.717, 1.165) is 6.20 Å². The van der Waals surface area contributed by atoms with Crippen LogP contribution in [0.15, 0.2) is 18.5 Å². The number of nitrogens with zero attached hydrogens (tertiary/aromatic N) is 1. The molecule has 0 aliphatic carbocycles. The van der Waals surface area contributed by atoms with Gasteiger partial charge in [-0.05, 0) is 13.0 Å². The Morgan fingerprint density at radius 2 is 2.00 bits per heavy atom. The summed E-state index contributed by atoms with van der Waals surface area (Å²) < 4.78 is 37.1. The van der Waals surface area contributed by atoms with Gasteiger partial charge >= 0.3 is 12.1 Å². The monoisotopic (exact) mass is 262 g/mol. The summed E-state index contributed by atoms with van der Waals surface area (Å²) in [4.78, 5) is 25.2. The number of carbonyl (C=O) groups is 2. The lowest BCUT2D eigenvalue weighted by atomic mass is 10.2. The van der Waals surface area contributed by atoms with Gasteiger partial charge in [0.15, 0.2) is 0 Å². The van der Waals surface area contributed by atoms with Crippen LogP contribution in [0.2, 0.25) is 0 Å². The molecule has 8 heteroatoms. The second-order valence-electron chi connectivity index (χ2n) is 3.49. The van der Waals surface area contributed by atoms with Crippen LogP contribution in [0.1, 0.15) is 22.8 Å². The third-order valence-corrected chi connectivity index (χ3v) is 2.05. The minimum absolute atomic E-state index is 0.349. The molecule has 1 heterocycles. The minimum atomic E-state index is -4.61. The van der Waals surface area contributed by atoms with Crippen LogP contribution in [0, 0.1) is 0 Å². The van der Waals surface area contributed by atoms with Crippen molar-refractivity contribution in [3.63, 3.8) is 0 Å². The molecule has 18 heavy (non-hydrogen) atoms. The molecule has 0 saturated heterocycles. The lowest BCUT2D eigenvalue weighted by Crippen LogP contribution is -2.38. The Morgan fingerprint density at radius 1 is 1.39 bits per heavy atom. The molecule has 0 aliphatic heterocycles. The van der Waals surface area contributed by atoms with Gasteiger partial charge in [-0.1, -0.05) is 0 Å². The first-order valence-electron chi connectivity index (χ1n) is 4.77. The number of carbonyl (C=O) groups excluding carboxylic acids is 1. The van der Waals surface area contributed by atoms with E-state index in [4.69, 9.17) is 5.11 Å². The lowest BCUT2D eigenvalue weighted by Gasteiger charge is -2.10.